The summed E-state index contributed by atoms with van der Waals surface area (Å²) >= 11 is 0. The number of carbonyl (C=O) groups excluding carboxylic acids is 1. The van der Waals surface area contributed by atoms with Crippen LogP contribution in [0.15, 0.2) is 53.9 Å². The summed E-state index contributed by atoms with van der Waals surface area (Å²) in [6.07, 6.45) is -1.86. The lowest BCUT2D eigenvalue weighted by molar-refractivity contribution is -0.149. The Morgan fingerprint density at radius 1 is 1.24 bits per heavy atom. The molecule has 2 N–H and O–H groups in total. The topological polar surface area (TPSA) is 65.4 Å². The van der Waals surface area contributed by atoms with Gasteiger partial charge in [-0.25, -0.2) is 13.2 Å². The Morgan fingerprint density at radius 2 is 1.86 bits per heavy atom. The third-order valence-electron chi connectivity index (χ3n) is 6.01. The van der Waals surface area contributed by atoms with Crippen molar-refractivity contribution in [2.24, 2.45) is 5.92 Å². The molecule has 1 aliphatic heterocycles. The summed E-state index contributed by atoms with van der Waals surface area (Å²) in [5.41, 5.74) is -0.922. The summed E-state index contributed by atoms with van der Waals surface area (Å²) in [6.45, 7) is 3.13. The molecule has 0 aromatic heterocycles. The molecular weight excluding hydrogens is 500 g/mol. The maximum absolute atomic E-state index is 14.5. The standard InChI is InChI=1S/C26H31F6N3O2/c1-5-19(26(30,31)32)9-6-17(3)37-14-22-16(2)12-25(28,29)15-35(22)24(36)23(33)21(13-34-4)18-7-10-20(27)11-8-18/h6-11,13,16,22,33-34H,5,12,14-15H2,1-4H3/b17-6+,19-9+,21-13-,33-23?. The molecule has 0 radical (unpaired) electrons. The Bertz CT molecular complexity index is 1060. The molecule has 0 saturated carbocycles. The molecule has 1 aromatic rings. The minimum absolute atomic E-state index is 0.0779. The Hall–Kier alpha value is -3.24. The van der Waals surface area contributed by atoms with Crippen molar-refractivity contribution in [2.45, 2.75) is 51.8 Å². The summed E-state index contributed by atoms with van der Waals surface area (Å²) in [7, 11) is 1.53. The van der Waals surface area contributed by atoms with Crippen LogP contribution in [0.1, 0.15) is 39.2 Å². The first-order valence-corrected chi connectivity index (χ1v) is 11.7. The smallest absolute Gasteiger partial charge is 0.412 e. The van der Waals surface area contributed by atoms with Crippen LogP contribution in [0.2, 0.25) is 0 Å². The van der Waals surface area contributed by atoms with Gasteiger partial charge in [-0.15, -0.1) is 0 Å². The molecule has 1 fully saturated rings. The molecule has 11 heteroatoms. The molecule has 37 heavy (non-hydrogen) atoms. The number of allylic oxidation sites excluding steroid dienone is 4. The normalized spacial score (nSPS) is 21.0. The highest BCUT2D eigenvalue weighted by Gasteiger charge is 2.47. The van der Waals surface area contributed by atoms with Crippen LogP contribution in [-0.2, 0) is 9.53 Å². The zero-order chi connectivity index (χ0) is 28.0. The van der Waals surface area contributed by atoms with Gasteiger partial charge in [0.2, 0.25) is 0 Å². The number of likely N-dealkylation sites (tertiary alicyclic amines) is 1. The molecule has 0 spiro atoms. The SMILES string of the molecule is CC/C(=C\C=C(/C)OCC1C(C)CC(F)(F)CN1C(=O)C(=N)/C(=C\NC)c1ccc(F)cc1)C(F)(F)F. The fourth-order valence-electron chi connectivity index (χ4n) is 4.05. The number of benzene rings is 1. The van der Waals surface area contributed by atoms with Crippen LogP contribution in [0.4, 0.5) is 26.3 Å². The summed E-state index contributed by atoms with van der Waals surface area (Å²) in [5.74, 6) is -5.31. The Balaban J connectivity index is 2.30. The van der Waals surface area contributed by atoms with Gasteiger partial charge in [-0.2, -0.15) is 13.2 Å². The van der Waals surface area contributed by atoms with Crippen molar-refractivity contribution in [1.29, 1.82) is 5.41 Å². The number of amides is 1. The minimum Gasteiger partial charge on any atom is -0.496 e. The third kappa shape index (κ3) is 8.13. The van der Waals surface area contributed by atoms with E-state index in [9.17, 15) is 31.1 Å². The van der Waals surface area contributed by atoms with E-state index in [1.807, 2.05) is 0 Å². The predicted octanol–water partition coefficient (Wildman–Crippen LogP) is 6.10. The number of nitrogens with one attached hydrogen (secondary N) is 2. The number of hydrogen-bond acceptors (Lipinski definition) is 4. The molecule has 0 aliphatic carbocycles. The van der Waals surface area contributed by atoms with E-state index in [1.54, 1.807) is 0 Å². The molecule has 2 unspecified atom stereocenters. The molecule has 1 saturated heterocycles. The fourth-order valence-corrected chi connectivity index (χ4v) is 4.05. The van der Waals surface area contributed by atoms with Crippen LogP contribution in [0.5, 0.6) is 0 Å². The summed E-state index contributed by atoms with van der Waals surface area (Å²) in [5, 5.41) is 11.2. The van der Waals surface area contributed by atoms with Crippen molar-refractivity contribution in [3.63, 3.8) is 0 Å². The van der Waals surface area contributed by atoms with Crippen LogP contribution in [-0.4, -0.2) is 54.9 Å². The van der Waals surface area contributed by atoms with E-state index in [2.05, 4.69) is 5.32 Å². The first kappa shape index (κ1) is 30.0. The molecule has 1 aromatic carbocycles. The van der Waals surface area contributed by atoms with Crippen molar-refractivity contribution in [3.05, 3.63) is 65.3 Å². The van der Waals surface area contributed by atoms with Gasteiger partial charge in [0.05, 0.1) is 18.3 Å². The summed E-state index contributed by atoms with van der Waals surface area (Å²) in [4.78, 5) is 14.2. The van der Waals surface area contributed by atoms with Crippen molar-refractivity contribution in [3.8, 4) is 0 Å². The third-order valence-corrected chi connectivity index (χ3v) is 6.01. The van der Waals surface area contributed by atoms with E-state index in [4.69, 9.17) is 10.1 Å². The molecule has 2 atom stereocenters. The van der Waals surface area contributed by atoms with Gasteiger partial charge in [0.15, 0.2) is 0 Å². The molecule has 2 rings (SSSR count). The minimum atomic E-state index is -4.48. The lowest BCUT2D eigenvalue weighted by Crippen LogP contribution is -2.58. The number of piperidine rings is 1. The molecule has 1 heterocycles. The summed E-state index contributed by atoms with van der Waals surface area (Å²) in [6, 6.07) is 4.16. The number of nitrogens with zero attached hydrogens (tertiary/aromatic N) is 1. The number of halogens is 6. The maximum Gasteiger partial charge on any atom is 0.412 e. The second-order valence-corrected chi connectivity index (χ2v) is 8.90. The zero-order valence-corrected chi connectivity index (χ0v) is 21.1. The molecule has 204 valence electrons. The fraction of sp³-hybridized carbons (Fsp3) is 0.462. The van der Waals surface area contributed by atoms with Crippen LogP contribution < -0.4 is 5.32 Å². The number of ether oxygens (including phenoxy) is 1. The van der Waals surface area contributed by atoms with Gasteiger partial charge >= 0.3 is 6.18 Å². The highest BCUT2D eigenvalue weighted by atomic mass is 19.4. The van der Waals surface area contributed by atoms with Crippen molar-refractivity contribution >= 4 is 17.2 Å². The Morgan fingerprint density at radius 3 is 2.41 bits per heavy atom. The van der Waals surface area contributed by atoms with Crippen LogP contribution in [0.3, 0.4) is 0 Å². The lowest BCUT2D eigenvalue weighted by atomic mass is 9.88. The number of alkyl halides is 5. The van der Waals surface area contributed by atoms with E-state index >= 15 is 0 Å². The molecule has 5 nitrogen and oxygen atoms in total. The molecule has 1 aliphatic rings. The number of carbonyl (C=O) groups is 1. The lowest BCUT2D eigenvalue weighted by Gasteiger charge is -2.43. The van der Waals surface area contributed by atoms with E-state index in [-0.39, 0.29) is 24.4 Å². The van der Waals surface area contributed by atoms with Crippen molar-refractivity contribution in [2.75, 3.05) is 20.2 Å². The van der Waals surface area contributed by atoms with E-state index in [0.717, 1.165) is 29.2 Å². The van der Waals surface area contributed by atoms with Crippen molar-refractivity contribution < 1.29 is 35.9 Å². The van der Waals surface area contributed by atoms with Gasteiger partial charge in [0.1, 0.15) is 18.1 Å². The van der Waals surface area contributed by atoms with Crippen LogP contribution >= 0.6 is 0 Å². The van der Waals surface area contributed by atoms with E-state index in [0.29, 0.717) is 5.56 Å². The van der Waals surface area contributed by atoms with Gasteiger partial charge in [0.25, 0.3) is 11.8 Å². The number of rotatable bonds is 9. The second-order valence-electron chi connectivity index (χ2n) is 8.90. The maximum atomic E-state index is 14.5. The van der Waals surface area contributed by atoms with E-state index < -0.39 is 60.0 Å². The first-order valence-electron chi connectivity index (χ1n) is 11.7. The van der Waals surface area contributed by atoms with Gasteiger partial charge in [-0.05, 0) is 43.0 Å². The van der Waals surface area contributed by atoms with Crippen LogP contribution in [0, 0.1) is 17.1 Å². The average molecular weight is 532 g/mol. The molecule has 1 amide bonds. The highest BCUT2D eigenvalue weighted by molar-refractivity contribution is 6.54. The quantitative estimate of drug-likeness (QED) is 0.175. The monoisotopic (exact) mass is 531 g/mol. The van der Waals surface area contributed by atoms with Gasteiger partial charge in [-0.1, -0.05) is 32.1 Å². The van der Waals surface area contributed by atoms with Gasteiger partial charge in [0, 0.05) is 30.8 Å². The zero-order valence-electron chi connectivity index (χ0n) is 21.1. The van der Waals surface area contributed by atoms with E-state index in [1.165, 1.54) is 46.2 Å². The Labute approximate surface area is 212 Å². The highest BCUT2D eigenvalue weighted by Crippen LogP contribution is 2.35. The number of hydrogen-bond donors (Lipinski definition) is 2. The average Bonchev–Trinajstić information content (AvgIpc) is 2.80. The summed E-state index contributed by atoms with van der Waals surface area (Å²) < 4.78 is 86.7. The van der Waals surface area contributed by atoms with Crippen molar-refractivity contribution in [1.82, 2.24) is 10.2 Å². The Kier molecular flexibility index (Phi) is 10.00. The van der Waals surface area contributed by atoms with Gasteiger partial charge in [-0.3, -0.25) is 10.2 Å². The molecular formula is C26H31F6N3O2. The molecule has 0 bridgehead atoms. The largest absolute Gasteiger partial charge is 0.496 e. The van der Waals surface area contributed by atoms with Gasteiger partial charge < -0.3 is 15.0 Å². The first-order chi connectivity index (χ1) is 17.2. The second kappa shape index (κ2) is 12.3. The predicted molar refractivity (Wildman–Crippen MR) is 130 cm³/mol. The van der Waals surface area contributed by atoms with Crippen LogP contribution in [0.25, 0.3) is 5.57 Å².